The fraction of sp³-hybridized carbons (Fsp3) is 0.208. The van der Waals surface area contributed by atoms with Crippen LogP contribution in [0.2, 0.25) is 5.02 Å². The summed E-state index contributed by atoms with van der Waals surface area (Å²) < 4.78 is 11.6. The maximum Gasteiger partial charge on any atom is 0.254 e. The van der Waals surface area contributed by atoms with E-state index in [9.17, 15) is 4.79 Å². The van der Waals surface area contributed by atoms with Crippen molar-refractivity contribution in [3.8, 4) is 5.75 Å². The van der Waals surface area contributed by atoms with E-state index in [1.807, 2.05) is 83.8 Å². The van der Waals surface area contributed by atoms with Crippen LogP contribution < -0.4 is 4.74 Å². The van der Waals surface area contributed by atoms with Crippen LogP contribution in [-0.2, 0) is 11.3 Å². The minimum Gasteiger partial charge on any atom is -0.489 e. The Morgan fingerprint density at radius 3 is 2.45 bits per heavy atom. The van der Waals surface area contributed by atoms with Crippen molar-refractivity contribution in [1.29, 1.82) is 0 Å². The monoisotopic (exact) mass is 407 g/mol. The molecule has 0 aliphatic carbocycles. The minimum atomic E-state index is -0.136. The lowest BCUT2D eigenvalue weighted by Gasteiger charge is -2.33. The number of hydrogen-bond donors (Lipinski definition) is 0. The van der Waals surface area contributed by atoms with Crippen molar-refractivity contribution in [2.75, 3.05) is 19.7 Å². The van der Waals surface area contributed by atoms with Crippen LogP contribution in [0.5, 0.6) is 5.75 Å². The number of ether oxygens (including phenoxy) is 2. The lowest BCUT2D eigenvalue weighted by molar-refractivity contribution is -0.0228. The molecule has 1 atom stereocenters. The van der Waals surface area contributed by atoms with E-state index in [1.165, 1.54) is 0 Å². The highest BCUT2D eigenvalue weighted by Gasteiger charge is 2.26. The number of nitrogens with zero attached hydrogens (tertiary/aromatic N) is 1. The third-order valence-corrected chi connectivity index (χ3v) is 5.20. The SMILES string of the molecule is O=C(c1ccc(COc2ccccc2)cc1)N1CCOC(c2ccc(Cl)cc2)C1. The lowest BCUT2D eigenvalue weighted by Crippen LogP contribution is -2.42. The van der Waals surface area contributed by atoms with Crippen molar-refractivity contribution in [3.63, 3.8) is 0 Å². The Labute approximate surface area is 175 Å². The average Bonchev–Trinajstić information content (AvgIpc) is 2.79. The van der Waals surface area contributed by atoms with Crippen LogP contribution in [0.25, 0.3) is 0 Å². The highest BCUT2D eigenvalue weighted by Crippen LogP contribution is 2.25. The molecular weight excluding hydrogens is 386 g/mol. The Balaban J connectivity index is 1.37. The van der Waals surface area contributed by atoms with E-state index in [0.29, 0.717) is 36.9 Å². The highest BCUT2D eigenvalue weighted by molar-refractivity contribution is 6.30. The van der Waals surface area contributed by atoms with Gasteiger partial charge in [0.15, 0.2) is 0 Å². The summed E-state index contributed by atoms with van der Waals surface area (Å²) in [4.78, 5) is 14.8. The summed E-state index contributed by atoms with van der Waals surface area (Å²) in [7, 11) is 0. The summed E-state index contributed by atoms with van der Waals surface area (Å²) in [6, 6.07) is 24.9. The highest BCUT2D eigenvalue weighted by atomic mass is 35.5. The minimum absolute atomic E-state index is 0.0165. The summed E-state index contributed by atoms with van der Waals surface area (Å²) in [6.45, 7) is 2.10. The van der Waals surface area contributed by atoms with E-state index in [-0.39, 0.29) is 12.0 Å². The number of hydrogen-bond acceptors (Lipinski definition) is 3. The molecule has 3 aromatic rings. The van der Waals surface area contributed by atoms with Gasteiger partial charge in [-0.2, -0.15) is 0 Å². The number of halogens is 1. The number of carbonyl (C=O) groups is 1. The van der Waals surface area contributed by atoms with Crippen molar-refractivity contribution < 1.29 is 14.3 Å². The molecule has 0 aromatic heterocycles. The van der Waals surface area contributed by atoms with Crippen LogP contribution in [0.3, 0.4) is 0 Å². The Bertz CT molecular complexity index is 942. The standard InChI is InChI=1S/C24H22ClNO3/c25-21-12-10-19(11-13-21)23-16-26(14-15-28-23)24(27)20-8-6-18(7-9-20)17-29-22-4-2-1-3-5-22/h1-13,23H,14-17H2. The molecule has 3 aromatic carbocycles. The van der Waals surface area contributed by atoms with Crippen molar-refractivity contribution >= 4 is 17.5 Å². The lowest BCUT2D eigenvalue weighted by atomic mass is 10.1. The second-order valence-corrected chi connectivity index (χ2v) is 7.40. The van der Waals surface area contributed by atoms with Crippen molar-refractivity contribution in [1.82, 2.24) is 4.90 Å². The second kappa shape index (κ2) is 9.12. The number of amides is 1. The first-order valence-electron chi connectivity index (χ1n) is 9.62. The molecule has 0 saturated carbocycles. The first kappa shape index (κ1) is 19.5. The zero-order chi connectivity index (χ0) is 20.1. The van der Waals surface area contributed by atoms with Gasteiger partial charge in [0, 0.05) is 17.1 Å². The van der Waals surface area contributed by atoms with Crippen LogP contribution in [-0.4, -0.2) is 30.5 Å². The summed E-state index contributed by atoms with van der Waals surface area (Å²) in [5, 5.41) is 0.689. The molecule has 0 radical (unpaired) electrons. The largest absolute Gasteiger partial charge is 0.489 e. The van der Waals surface area contributed by atoms with Gasteiger partial charge in [0.25, 0.3) is 5.91 Å². The predicted octanol–water partition coefficient (Wildman–Crippen LogP) is 5.13. The van der Waals surface area contributed by atoms with Crippen LogP contribution in [0.1, 0.15) is 27.6 Å². The smallest absolute Gasteiger partial charge is 0.254 e. The molecule has 1 amide bonds. The van der Waals surface area contributed by atoms with Crippen molar-refractivity contribution in [2.45, 2.75) is 12.7 Å². The van der Waals surface area contributed by atoms with Gasteiger partial charge < -0.3 is 14.4 Å². The fourth-order valence-corrected chi connectivity index (χ4v) is 3.45. The molecule has 1 fully saturated rings. The molecule has 1 unspecified atom stereocenters. The topological polar surface area (TPSA) is 38.8 Å². The van der Waals surface area contributed by atoms with Gasteiger partial charge in [-0.05, 0) is 47.5 Å². The summed E-state index contributed by atoms with van der Waals surface area (Å²) >= 11 is 5.97. The molecule has 0 bridgehead atoms. The van der Waals surface area contributed by atoms with Gasteiger partial charge in [0.1, 0.15) is 18.5 Å². The first-order valence-corrected chi connectivity index (χ1v) is 10.00. The number of rotatable bonds is 5. The maximum atomic E-state index is 12.9. The molecule has 0 spiro atoms. The summed E-state index contributed by atoms with van der Waals surface area (Å²) in [5.74, 6) is 0.844. The molecule has 0 N–H and O–H groups in total. The van der Waals surface area contributed by atoms with Crippen LogP contribution in [0.15, 0.2) is 78.9 Å². The quantitative estimate of drug-likeness (QED) is 0.588. The van der Waals surface area contributed by atoms with E-state index >= 15 is 0 Å². The predicted molar refractivity (Wildman–Crippen MR) is 113 cm³/mol. The van der Waals surface area contributed by atoms with Gasteiger partial charge in [-0.25, -0.2) is 0 Å². The second-order valence-electron chi connectivity index (χ2n) is 6.96. The zero-order valence-corrected chi connectivity index (χ0v) is 16.7. The Morgan fingerprint density at radius 2 is 1.72 bits per heavy atom. The first-order chi connectivity index (χ1) is 14.2. The van der Waals surface area contributed by atoms with Gasteiger partial charge in [0.2, 0.25) is 0 Å². The molecule has 148 valence electrons. The number of benzene rings is 3. The van der Waals surface area contributed by atoms with Gasteiger partial charge in [0.05, 0.1) is 13.2 Å². The van der Waals surface area contributed by atoms with E-state index in [2.05, 4.69) is 0 Å². The normalized spacial score (nSPS) is 16.4. The van der Waals surface area contributed by atoms with Gasteiger partial charge >= 0.3 is 0 Å². The van der Waals surface area contributed by atoms with Crippen molar-refractivity contribution in [3.05, 3.63) is 101 Å². The fourth-order valence-electron chi connectivity index (χ4n) is 3.32. The van der Waals surface area contributed by atoms with Gasteiger partial charge in [-0.3, -0.25) is 4.79 Å². The molecule has 1 heterocycles. The van der Waals surface area contributed by atoms with E-state index in [1.54, 1.807) is 0 Å². The van der Waals surface area contributed by atoms with Crippen LogP contribution >= 0.6 is 11.6 Å². The molecule has 1 aliphatic heterocycles. The third kappa shape index (κ3) is 4.97. The maximum absolute atomic E-state index is 12.9. The van der Waals surface area contributed by atoms with Gasteiger partial charge in [-0.15, -0.1) is 0 Å². The van der Waals surface area contributed by atoms with Crippen molar-refractivity contribution in [2.24, 2.45) is 0 Å². The molecule has 29 heavy (non-hydrogen) atoms. The van der Waals surface area contributed by atoms with E-state index in [4.69, 9.17) is 21.1 Å². The Morgan fingerprint density at radius 1 is 1.00 bits per heavy atom. The van der Waals surface area contributed by atoms with Gasteiger partial charge in [-0.1, -0.05) is 54.1 Å². The third-order valence-electron chi connectivity index (χ3n) is 4.95. The molecule has 4 nitrogen and oxygen atoms in total. The summed E-state index contributed by atoms with van der Waals surface area (Å²) in [6.07, 6.45) is -0.136. The number of para-hydroxylation sites is 1. The van der Waals surface area contributed by atoms with E-state index < -0.39 is 0 Å². The molecule has 5 heteroatoms. The molecule has 1 saturated heterocycles. The average molecular weight is 408 g/mol. The molecule has 1 aliphatic rings. The number of morpholine rings is 1. The molecular formula is C24H22ClNO3. The number of carbonyl (C=O) groups excluding carboxylic acids is 1. The zero-order valence-electron chi connectivity index (χ0n) is 16.0. The van der Waals surface area contributed by atoms with E-state index in [0.717, 1.165) is 16.9 Å². The van der Waals surface area contributed by atoms with Crippen LogP contribution in [0.4, 0.5) is 0 Å². The van der Waals surface area contributed by atoms with Crippen LogP contribution in [0, 0.1) is 0 Å². The molecule has 4 rings (SSSR count). The Kier molecular flexibility index (Phi) is 6.13. The summed E-state index contributed by atoms with van der Waals surface area (Å²) in [5.41, 5.74) is 2.72. The Hall–Kier alpha value is -2.82.